The van der Waals surface area contributed by atoms with Gasteiger partial charge in [-0.2, -0.15) is 5.10 Å². The number of hydrogen-bond donors (Lipinski definition) is 0. The Bertz CT molecular complexity index is 599. The minimum absolute atomic E-state index is 0.618. The molecule has 106 valence electrons. The second-order valence-corrected chi connectivity index (χ2v) is 6.27. The highest BCUT2D eigenvalue weighted by molar-refractivity contribution is 9.09. The van der Waals surface area contributed by atoms with Crippen LogP contribution < -0.4 is 4.90 Å². The number of hydrogen-bond acceptors (Lipinski definition) is 3. The Balaban J connectivity index is 1.99. The first-order chi connectivity index (χ1) is 9.81. The molecule has 0 aliphatic carbocycles. The van der Waals surface area contributed by atoms with Gasteiger partial charge in [-0.15, -0.1) is 5.10 Å². The van der Waals surface area contributed by atoms with Crippen molar-refractivity contribution in [3.05, 3.63) is 30.0 Å². The van der Waals surface area contributed by atoms with E-state index in [2.05, 4.69) is 55.3 Å². The third-order valence-electron chi connectivity index (χ3n) is 4.17. The van der Waals surface area contributed by atoms with Crippen molar-refractivity contribution in [1.29, 1.82) is 0 Å². The smallest absolute Gasteiger partial charge is 0.159 e. The van der Waals surface area contributed by atoms with E-state index < -0.39 is 0 Å². The monoisotopic (exact) mass is 333 g/mol. The molecule has 1 atom stereocenters. The number of aryl methyl sites for hydroxylation is 1. The van der Waals surface area contributed by atoms with Gasteiger partial charge in [0, 0.05) is 28.7 Å². The van der Waals surface area contributed by atoms with Gasteiger partial charge in [-0.25, -0.2) is 0 Å². The molecule has 2 heterocycles. The molecule has 4 heteroatoms. The standard InChI is InChI=1S/C16H20BrN3/c1-12-14-8-2-3-9-15(14)16(19-18-12)20-11-5-7-13(20)6-4-10-17/h2-3,8-9,13H,4-7,10-11H2,1H3. The van der Waals surface area contributed by atoms with E-state index in [9.17, 15) is 0 Å². The van der Waals surface area contributed by atoms with Crippen molar-refractivity contribution in [2.75, 3.05) is 16.8 Å². The molecule has 3 rings (SSSR count). The van der Waals surface area contributed by atoms with Crippen LogP contribution in [0.1, 0.15) is 31.4 Å². The number of rotatable bonds is 4. The number of fused-ring (bicyclic) bond motifs is 1. The van der Waals surface area contributed by atoms with Gasteiger partial charge in [0.1, 0.15) is 0 Å². The van der Waals surface area contributed by atoms with E-state index in [4.69, 9.17) is 0 Å². The number of halogens is 1. The van der Waals surface area contributed by atoms with E-state index in [0.29, 0.717) is 6.04 Å². The van der Waals surface area contributed by atoms with E-state index in [1.807, 2.05) is 6.92 Å². The van der Waals surface area contributed by atoms with Gasteiger partial charge in [0.25, 0.3) is 0 Å². The van der Waals surface area contributed by atoms with Crippen LogP contribution in [0.2, 0.25) is 0 Å². The van der Waals surface area contributed by atoms with Gasteiger partial charge in [-0.1, -0.05) is 40.2 Å². The third-order valence-corrected chi connectivity index (χ3v) is 4.73. The molecule has 1 aromatic heterocycles. The predicted molar refractivity (Wildman–Crippen MR) is 87.7 cm³/mol. The summed E-state index contributed by atoms with van der Waals surface area (Å²) in [5, 5.41) is 12.4. The summed E-state index contributed by atoms with van der Waals surface area (Å²) in [6, 6.07) is 9.11. The first kappa shape index (κ1) is 13.8. The van der Waals surface area contributed by atoms with Crippen LogP contribution in [0.3, 0.4) is 0 Å². The summed E-state index contributed by atoms with van der Waals surface area (Å²) >= 11 is 3.54. The Morgan fingerprint density at radius 1 is 1.25 bits per heavy atom. The molecule has 1 unspecified atom stereocenters. The molecule has 0 spiro atoms. The van der Waals surface area contributed by atoms with Crippen molar-refractivity contribution >= 4 is 32.5 Å². The summed E-state index contributed by atoms with van der Waals surface area (Å²) in [6.07, 6.45) is 4.99. The van der Waals surface area contributed by atoms with Gasteiger partial charge >= 0.3 is 0 Å². The lowest BCUT2D eigenvalue weighted by Crippen LogP contribution is -2.30. The summed E-state index contributed by atoms with van der Waals surface area (Å²) in [6.45, 7) is 3.14. The topological polar surface area (TPSA) is 29.0 Å². The van der Waals surface area contributed by atoms with Crippen molar-refractivity contribution in [1.82, 2.24) is 10.2 Å². The van der Waals surface area contributed by atoms with Gasteiger partial charge in [-0.3, -0.25) is 0 Å². The maximum Gasteiger partial charge on any atom is 0.159 e. The van der Waals surface area contributed by atoms with Crippen LogP contribution in [-0.2, 0) is 0 Å². The fraction of sp³-hybridized carbons (Fsp3) is 0.500. The Morgan fingerprint density at radius 3 is 2.85 bits per heavy atom. The molecular weight excluding hydrogens is 314 g/mol. The predicted octanol–water partition coefficient (Wildman–Crippen LogP) is 4.08. The van der Waals surface area contributed by atoms with E-state index in [-0.39, 0.29) is 0 Å². The van der Waals surface area contributed by atoms with E-state index >= 15 is 0 Å². The number of aromatic nitrogens is 2. The summed E-state index contributed by atoms with van der Waals surface area (Å²) in [5.41, 5.74) is 1.01. The van der Waals surface area contributed by atoms with Crippen LogP contribution >= 0.6 is 15.9 Å². The first-order valence-electron chi connectivity index (χ1n) is 7.36. The third kappa shape index (κ3) is 2.53. The van der Waals surface area contributed by atoms with Crippen LogP contribution in [0.4, 0.5) is 5.82 Å². The first-order valence-corrected chi connectivity index (χ1v) is 8.48. The lowest BCUT2D eigenvalue weighted by atomic mass is 10.1. The lowest BCUT2D eigenvalue weighted by Gasteiger charge is -2.26. The minimum atomic E-state index is 0.618. The largest absolute Gasteiger partial charge is 0.352 e. The average Bonchev–Trinajstić information content (AvgIpc) is 2.94. The van der Waals surface area contributed by atoms with Gasteiger partial charge in [0.15, 0.2) is 5.82 Å². The van der Waals surface area contributed by atoms with Gasteiger partial charge in [0.05, 0.1) is 5.69 Å². The summed E-state index contributed by atoms with van der Waals surface area (Å²) in [5.74, 6) is 1.07. The minimum Gasteiger partial charge on any atom is -0.352 e. The number of benzene rings is 1. The van der Waals surface area contributed by atoms with Crippen molar-refractivity contribution < 1.29 is 0 Å². The quantitative estimate of drug-likeness (QED) is 0.789. The van der Waals surface area contributed by atoms with Crippen LogP contribution in [-0.4, -0.2) is 28.1 Å². The molecule has 1 saturated heterocycles. The number of alkyl halides is 1. The Morgan fingerprint density at radius 2 is 2.05 bits per heavy atom. The second kappa shape index (κ2) is 6.08. The highest BCUT2D eigenvalue weighted by Crippen LogP contribution is 2.32. The fourth-order valence-electron chi connectivity index (χ4n) is 3.16. The molecule has 20 heavy (non-hydrogen) atoms. The Hall–Kier alpha value is -1.16. The molecule has 0 saturated carbocycles. The summed E-state index contributed by atoms with van der Waals surface area (Å²) < 4.78 is 0. The van der Waals surface area contributed by atoms with Crippen LogP contribution in [0, 0.1) is 6.92 Å². The maximum atomic E-state index is 4.51. The highest BCUT2D eigenvalue weighted by Gasteiger charge is 2.26. The Labute approximate surface area is 128 Å². The molecule has 1 aliphatic rings. The molecule has 0 amide bonds. The van der Waals surface area contributed by atoms with Crippen LogP contribution in [0.25, 0.3) is 10.8 Å². The van der Waals surface area contributed by atoms with Crippen molar-refractivity contribution in [2.45, 2.75) is 38.6 Å². The van der Waals surface area contributed by atoms with Crippen molar-refractivity contribution in [2.24, 2.45) is 0 Å². The maximum absolute atomic E-state index is 4.51. The van der Waals surface area contributed by atoms with Gasteiger partial charge < -0.3 is 4.90 Å². The molecule has 2 aromatic rings. The fourth-order valence-corrected chi connectivity index (χ4v) is 3.49. The average molecular weight is 334 g/mol. The van der Waals surface area contributed by atoms with E-state index in [0.717, 1.165) is 23.4 Å². The Kier molecular flexibility index (Phi) is 4.20. The van der Waals surface area contributed by atoms with Crippen molar-refractivity contribution in [3.63, 3.8) is 0 Å². The van der Waals surface area contributed by atoms with Crippen LogP contribution in [0.5, 0.6) is 0 Å². The molecule has 3 nitrogen and oxygen atoms in total. The summed E-state index contributed by atoms with van der Waals surface area (Å²) in [7, 11) is 0. The molecule has 0 radical (unpaired) electrons. The summed E-state index contributed by atoms with van der Waals surface area (Å²) in [4.78, 5) is 2.47. The zero-order valence-electron chi connectivity index (χ0n) is 11.8. The molecule has 1 fully saturated rings. The zero-order valence-corrected chi connectivity index (χ0v) is 13.4. The zero-order chi connectivity index (χ0) is 13.9. The molecule has 1 aromatic carbocycles. The molecular formula is C16H20BrN3. The normalized spacial score (nSPS) is 18.9. The number of nitrogens with zero attached hydrogens (tertiary/aromatic N) is 3. The number of anilines is 1. The lowest BCUT2D eigenvalue weighted by molar-refractivity contribution is 0.599. The van der Waals surface area contributed by atoms with E-state index in [1.54, 1.807) is 0 Å². The van der Waals surface area contributed by atoms with Crippen LogP contribution in [0.15, 0.2) is 24.3 Å². The highest BCUT2D eigenvalue weighted by atomic mass is 79.9. The van der Waals surface area contributed by atoms with Gasteiger partial charge in [0.2, 0.25) is 0 Å². The SMILES string of the molecule is Cc1nnc(N2CCCC2CCCBr)c2ccccc12. The van der Waals surface area contributed by atoms with Gasteiger partial charge in [-0.05, 0) is 32.6 Å². The van der Waals surface area contributed by atoms with Crippen molar-refractivity contribution in [3.8, 4) is 0 Å². The molecule has 1 aliphatic heterocycles. The molecule has 0 N–H and O–H groups in total. The second-order valence-electron chi connectivity index (χ2n) is 5.48. The molecule has 0 bridgehead atoms. The van der Waals surface area contributed by atoms with E-state index in [1.165, 1.54) is 36.5 Å².